The lowest BCUT2D eigenvalue weighted by Gasteiger charge is -2.29. The van der Waals surface area contributed by atoms with Crippen LogP contribution < -0.4 is 15.5 Å². The summed E-state index contributed by atoms with van der Waals surface area (Å²) in [6.07, 6.45) is 1.74. The number of morpholine rings is 1. The van der Waals surface area contributed by atoms with E-state index in [4.69, 9.17) is 4.74 Å². The van der Waals surface area contributed by atoms with Gasteiger partial charge in [-0.25, -0.2) is 9.18 Å². The lowest BCUT2D eigenvalue weighted by molar-refractivity contribution is 0.122. The fourth-order valence-electron chi connectivity index (χ4n) is 3.39. The van der Waals surface area contributed by atoms with Crippen molar-refractivity contribution < 1.29 is 13.9 Å². The van der Waals surface area contributed by atoms with Crippen molar-refractivity contribution in [1.29, 1.82) is 0 Å². The number of halogens is 2. The molecule has 1 aliphatic heterocycles. The van der Waals surface area contributed by atoms with Crippen LogP contribution in [0.3, 0.4) is 0 Å². The van der Waals surface area contributed by atoms with Gasteiger partial charge in [0.1, 0.15) is 5.82 Å². The number of rotatable bonds is 4. The number of hydrogen-bond donors (Lipinski definition) is 2. The standard InChI is InChI=1S/C21H21BrFN5O2/c1-27-20(19(22)13-24-27)14-10-17(12-18(11-14)28-6-8-30-9-7-28)26-21(29)25-16-4-2-15(23)3-5-16/h2-5,10-13H,6-9H2,1H3,(H2,25,26,29). The van der Waals surface area contributed by atoms with Crippen molar-refractivity contribution in [3.8, 4) is 11.3 Å². The minimum Gasteiger partial charge on any atom is -0.378 e. The highest BCUT2D eigenvalue weighted by molar-refractivity contribution is 9.10. The number of carbonyl (C=O) groups is 1. The maximum Gasteiger partial charge on any atom is 0.323 e. The molecule has 0 bridgehead atoms. The molecule has 0 saturated carbocycles. The van der Waals surface area contributed by atoms with Gasteiger partial charge < -0.3 is 20.3 Å². The van der Waals surface area contributed by atoms with E-state index in [1.807, 2.05) is 19.2 Å². The summed E-state index contributed by atoms with van der Waals surface area (Å²) in [4.78, 5) is 14.7. The Kier molecular flexibility index (Phi) is 6.01. The predicted molar refractivity (Wildman–Crippen MR) is 118 cm³/mol. The quantitative estimate of drug-likeness (QED) is 0.586. The van der Waals surface area contributed by atoms with E-state index in [9.17, 15) is 9.18 Å². The fourth-order valence-corrected chi connectivity index (χ4v) is 3.96. The highest BCUT2D eigenvalue weighted by Crippen LogP contribution is 2.33. The number of benzene rings is 2. The van der Waals surface area contributed by atoms with E-state index in [2.05, 4.69) is 42.6 Å². The fraction of sp³-hybridized carbons (Fsp3) is 0.238. The Hall–Kier alpha value is -2.91. The number of urea groups is 1. The summed E-state index contributed by atoms with van der Waals surface area (Å²) in [7, 11) is 1.87. The molecule has 1 fully saturated rings. The molecule has 2 amide bonds. The summed E-state index contributed by atoms with van der Waals surface area (Å²) in [5, 5.41) is 9.89. The van der Waals surface area contributed by atoms with E-state index in [0.29, 0.717) is 24.6 Å². The van der Waals surface area contributed by atoms with Gasteiger partial charge in [0.15, 0.2) is 0 Å². The van der Waals surface area contributed by atoms with E-state index in [1.54, 1.807) is 10.9 Å². The zero-order valence-electron chi connectivity index (χ0n) is 16.4. The molecule has 2 aromatic carbocycles. The van der Waals surface area contributed by atoms with Crippen molar-refractivity contribution in [3.05, 3.63) is 59.0 Å². The van der Waals surface area contributed by atoms with E-state index in [1.165, 1.54) is 24.3 Å². The molecule has 3 aromatic rings. The number of aryl methyl sites for hydroxylation is 1. The molecular formula is C21H21BrFN5O2. The minimum atomic E-state index is -0.407. The number of ether oxygens (including phenoxy) is 1. The summed E-state index contributed by atoms with van der Waals surface area (Å²) >= 11 is 3.55. The molecule has 0 aliphatic carbocycles. The molecule has 30 heavy (non-hydrogen) atoms. The molecule has 0 spiro atoms. The Labute approximate surface area is 182 Å². The van der Waals surface area contributed by atoms with Crippen LogP contribution in [0.15, 0.2) is 53.1 Å². The van der Waals surface area contributed by atoms with E-state index >= 15 is 0 Å². The van der Waals surface area contributed by atoms with E-state index in [0.717, 1.165) is 34.5 Å². The summed E-state index contributed by atoms with van der Waals surface area (Å²) in [6.45, 7) is 2.87. The maximum absolute atomic E-state index is 13.1. The van der Waals surface area contributed by atoms with Crippen LogP contribution >= 0.6 is 15.9 Å². The number of hydrogen-bond acceptors (Lipinski definition) is 4. The number of nitrogens with zero attached hydrogens (tertiary/aromatic N) is 3. The van der Waals surface area contributed by atoms with Crippen LogP contribution in [-0.4, -0.2) is 42.1 Å². The number of amides is 2. The Morgan fingerprint density at radius 2 is 1.80 bits per heavy atom. The van der Waals surface area contributed by atoms with Crippen molar-refractivity contribution in [2.24, 2.45) is 7.05 Å². The average Bonchev–Trinajstić information content (AvgIpc) is 3.08. The first-order chi connectivity index (χ1) is 14.5. The summed E-state index contributed by atoms with van der Waals surface area (Å²) in [6, 6.07) is 11.1. The van der Waals surface area contributed by atoms with E-state index < -0.39 is 6.03 Å². The van der Waals surface area contributed by atoms with Gasteiger partial charge >= 0.3 is 6.03 Å². The van der Waals surface area contributed by atoms with E-state index in [-0.39, 0.29) is 5.82 Å². The summed E-state index contributed by atoms with van der Waals surface area (Å²) in [5.41, 5.74) is 3.96. The molecule has 2 N–H and O–H groups in total. The molecular weight excluding hydrogens is 453 g/mol. The highest BCUT2D eigenvalue weighted by atomic mass is 79.9. The smallest absolute Gasteiger partial charge is 0.323 e. The first kappa shape index (κ1) is 20.4. The first-order valence-electron chi connectivity index (χ1n) is 9.49. The first-order valence-corrected chi connectivity index (χ1v) is 10.3. The van der Waals surface area contributed by atoms with Gasteiger partial charge in [-0.15, -0.1) is 0 Å². The molecule has 9 heteroatoms. The van der Waals surface area contributed by atoms with Gasteiger partial charge in [0.2, 0.25) is 0 Å². The molecule has 1 aromatic heterocycles. The molecule has 1 aliphatic rings. The zero-order chi connectivity index (χ0) is 21.1. The van der Waals surface area contributed by atoms with Gasteiger partial charge in [-0.2, -0.15) is 5.10 Å². The van der Waals surface area contributed by atoms with Crippen LogP contribution in [0.5, 0.6) is 0 Å². The van der Waals surface area contributed by atoms with Gasteiger partial charge in [-0.3, -0.25) is 4.68 Å². The van der Waals surface area contributed by atoms with Crippen molar-refractivity contribution in [1.82, 2.24) is 9.78 Å². The highest BCUT2D eigenvalue weighted by Gasteiger charge is 2.17. The van der Waals surface area contributed by atoms with Crippen LogP contribution in [0.1, 0.15) is 0 Å². The third kappa shape index (κ3) is 4.63. The van der Waals surface area contributed by atoms with Crippen molar-refractivity contribution >= 4 is 39.0 Å². The maximum atomic E-state index is 13.1. The second-order valence-electron chi connectivity index (χ2n) is 6.92. The van der Waals surface area contributed by atoms with Crippen molar-refractivity contribution in [2.75, 3.05) is 41.8 Å². The minimum absolute atomic E-state index is 0.356. The Morgan fingerprint density at radius 1 is 1.10 bits per heavy atom. The molecule has 7 nitrogen and oxygen atoms in total. The third-order valence-corrected chi connectivity index (χ3v) is 5.40. The van der Waals surface area contributed by atoms with Crippen LogP contribution in [0.4, 0.5) is 26.2 Å². The summed E-state index contributed by atoms with van der Waals surface area (Å²) < 4.78 is 21.2. The molecule has 2 heterocycles. The molecule has 156 valence electrons. The zero-order valence-corrected chi connectivity index (χ0v) is 17.9. The molecule has 1 saturated heterocycles. The van der Waals surface area contributed by atoms with Crippen molar-refractivity contribution in [3.63, 3.8) is 0 Å². The predicted octanol–water partition coefficient (Wildman–Crippen LogP) is 4.47. The number of aromatic nitrogens is 2. The number of anilines is 3. The van der Waals surface area contributed by atoms with Crippen LogP contribution in [0.25, 0.3) is 11.3 Å². The average molecular weight is 474 g/mol. The number of nitrogens with one attached hydrogen (secondary N) is 2. The van der Waals surface area contributed by atoms with Gasteiger partial charge in [-0.1, -0.05) is 0 Å². The summed E-state index contributed by atoms with van der Waals surface area (Å²) in [5.74, 6) is -0.356. The van der Waals surface area contributed by atoms with Crippen molar-refractivity contribution in [2.45, 2.75) is 0 Å². The molecule has 0 radical (unpaired) electrons. The Bertz CT molecular complexity index is 1030. The molecule has 4 rings (SSSR count). The topological polar surface area (TPSA) is 71.4 Å². The largest absolute Gasteiger partial charge is 0.378 e. The third-order valence-electron chi connectivity index (χ3n) is 4.82. The Balaban J connectivity index is 1.63. The van der Waals surface area contributed by atoms with Crippen LogP contribution in [-0.2, 0) is 11.8 Å². The SMILES string of the molecule is Cn1ncc(Br)c1-c1cc(NC(=O)Nc2ccc(F)cc2)cc(N2CCOCC2)c1. The van der Waals surface area contributed by atoms with Crippen LogP contribution in [0, 0.1) is 5.82 Å². The van der Waals surface area contributed by atoms with Gasteiger partial charge in [0, 0.05) is 42.8 Å². The second kappa shape index (κ2) is 8.85. The molecule has 0 unspecified atom stereocenters. The normalized spacial score (nSPS) is 13.9. The number of carbonyl (C=O) groups excluding carboxylic acids is 1. The Morgan fingerprint density at radius 3 is 2.47 bits per heavy atom. The monoisotopic (exact) mass is 473 g/mol. The lowest BCUT2D eigenvalue weighted by atomic mass is 10.1. The second-order valence-corrected chi connectivity index (χ2v) is 7.77. The van der Waals surface area contributed by atoms with Gasteiger partial charge in [-0.05, 0) is 58.4 Å². The van der Waals surface area contributed by atoms with Crippen LogP contribution in [0.2, 0.25) is 0 Å². The van der Waals surface area contributed by atoms with Gasteiger partial charge in [0.05, 0.1) is 29.6 Å². The molecule has 0 atom stereocenters. The van der Waals surface area contributed by atoms with Gasteiger partial charge in [0.25, 0.3) is 0 Å². The lowest BCUT2D eigenvalue weighted by Crippen LogP contribution is -2.36.